The number of carboxylic acid groups (broad SMARTS) is 1. The summed E-state index contributed by atoms with van der Waals surface area (Å²) in [4.78, 5) is 24.6. The van der Waals surface area contributed by atoms with E-state index in [-0.39, 0.29) is 24.3 Å². The summed E-state index contributed by atoms with van der Waals surface area (Å²) in [5, 5.41) is 9.01. The molecule has 4 heteroatoms. The fourth-order valence-corrected chi connectivity index (χ4v) is 2.23. The van der Waals surface area contributed by atoms with Crippen molar-refractivity contribution in [1.82, 2.24) is 4.90 Å². The lowest BCUT2D eigenvalue weighted by atomic mass is 10.0. The minimum Gasteiger partial charge on any atom is -0.481 e. The Morgan fingerprint density at radius 1 is 1.32 bits per heavy atom. The lowest BCUT2D eigenvalue weighted by molar-refractivity contribution is -0.140. The van der Waals surface area contributed by atoms with E-state index in [1.54, 1.807) is 11.9 Å². The van der Waals surface area contributed by atoms with Crippen LogP contribution >= 0.6 is 0 Å². The van der Waals surface area contributed by atoms with Gasteiger partial charge in [-0.15, -0.1) is 0 Å². The van der Waals surface area contributed by atoms with Crippen molar-refractivity contribution < 1.29 is 14.7 Å². The molecule has 0 unspecified atom stereocenters. The average Bonchev–Trinajstić information content (AvgIpc) is 3.21. The van der Waals surface area contributed by atoms with E-state index in [1.165, 1.54) is 0 Å². The maximum absolute atomic E-state index is 12.1. The van der Waals surface area contributed by atoms with E-state index < -0.39 is 5.97 Å². The van der Waals surface area contributed by atoms with Crippen molar-refractivity contribution in [2.45, 2.75) is 31.7 Å². The van der Waals surface area contributed by atoms with Gasteiger partial charge in [0, 0.05) is 19.0 Å². The molecule has 1 aromatic rings. The number of hydrogen-bond acceptors (Lipinski definition) is 2. The Morgan fingerprint density at radius 3 is 2.47 bits per heavy atom. The van der Waals surface area contributed by atoms with Crippen LogP contribution in [0.1, 0.15) is 24.8 Å². The monoisotopic (exact) mass is 261 g/mol. The molecule has 0 aliphatic heterocycles. The second-order valence-electron chi connectivity index (χ2n) is 5.16. The molecule has 1 N–H and O–H groups in total. The minimum atomic E-state index is -0.864. The third-order valence-corrected chi connectivity index (χ3v) is 3.55. The molecule has 1 amide bonds. The summed E-state index contributed by atoms with van der Waals surface area (Å²) in [5.41, 5.74) is 1.06. The van der Waals surface area contributed by atoms with E-state index in [9.17, 15) is 9.59 Å². The highest BCUT2D eigenvalue weighted by Crippen LogP contribution is 2.31. The molecule has 0 radical (unpaired) electrons. The van der Waals surface area contributed by atoms with Gasteiger partial charge in [-0.05, 0) is 24.8 Å². The van der Waals surface area contributed by atoms with E-state index in [0.717, 1.165) is 18.4 Å². The van der Waals surface area contributed by atoms with Crippen LogP contribution < -0.4 is 0 Å². The summed E-state index contributed by atoms with van der Waals surface area (Å²) in [6, 6.07) is 9.43. The van der Waals surface area contributed by atoms with Gasteiger partial charge in [0.25, 0.3) is 0 Å². The van der Waals surface area contributed by atoms with Crippen LogP contribution in [0.4, 0.5) is 0 Å². The summed E-state index contributed by atoms with van der Waals surface area (Å²) in [6.07, 6.45) is 2.45. The molecule has 2 rings (SSSR count). The highest BCUT2D eigenvalue weighted by atomic mass is 16.4. The maximum atomic E-state index is 12.1. The predicted molar refractivity (Wildman–Crippen MR) is 71.7 cm³/mol. The molecular formula is C15H19NO3. The first-order valence-electron chi connectivity index (χ1n) is 6.60. The number of likely N-dealkylation sites (N-methyl/N-ethyl adjacent to an activating group) is 1. The molecule has 1 fully saturated rings. The number of carbonyl (C=O) groups is 2. The van der Waals surface area contributed by atoms with Crippen molar-refractivity contribution in [2.75, 3.05) is 7.05 Å². The molecule has 0 aromatic heterocycles. The first-order valence-corrected chi connectivity index (χ1v) is 6.60. The summed E-state index contributed by atoms with van der Waals surface area (Å²) >= 11 is 0. The van der Waals surface area contributed by atoms with Gasteiger partial charge in [0.05, 0.1) is 6.42 Å². The fraction of sp³-hybridized carbons (Fsp3) is 0.467. The van der Waals surface area contributed by atoms with Gasteiger partial charge in [-0.3, -0.25) is 9.59 Å². The lowest BCUT2D eigenvalue weighted by Crippen LogP contribution is -2.40. The molecule has 1 saturated carbocycles. The van der Waals surface area contributed by atoms with Crippen molar-refractivity contribution in [2.24, 2.45) is 5.92 Å². The second-order valence-corrected chi connectivity index (χ2v) is 5.16. The zero-order chi connectivity index (χ0) is 13.8. The average molecular weight is 261 g/mol. The predicted octanol–water partition coefficient (Wildman–Crippen LogP) is 1.94. The Balaban J connectivity index is 2.06. The van der Waals surface area contributed by atoms with Crippen molar-refractivity contribution >= 4 is 11.9 Å². The Hall–Kier alpha value is -1.84. The zero-order valence-electron chi connectivity index (χ0n) is 11.1. The molecule has 1 aliphatic carbocycles. The van der Waals surface area contributed by atoms with Gasteiger partial charge in [0.1, 0.15) is 0 Å². The van der Waals surface area contributed by atoms with Crippen molar-refractivity contribution in [3.8, 4) is 0 Å². The molecule has 1 aliphatic rings. The number of rotatable bonds is 6. The van der Waals surface area contributed by atoms with E-state index in [1.807, 2.05) is 30.3 Å². The standard InChI is InChI=1S/C15H19NO3/c1-16(15(19)12-7-8-12)13(10-14(17)18)9-11-5-3-2-4-6-11/h2-6,12-13H,7-10H2,1H3,(H,17,18)/t13-/m1/s1. The molecule has 19 heavy (non-hydrogen) atoms. The largest absolute Gasteiger partial charge is 0.481 e. The van der Waals surface area contributed by atoms with Gasteiger partial charge < -0.3 is 10.0 Å². The molecule has 0 bridgehead atoms. The van der Waals surface area contributed by atoms with Crippen LogP contribution in [0.3, 0.4) is 0 Å². The third kappa shape index (κ3) is 3.81. The normalized spacial score (nSPS) is 15.8. The molecule has 1 atom stereocenters. The van der Waals surface area contributed by atoms with E-state index in [0.29, 0.717) is 6.42 Å². The molecule has 102 valence electrons. The Labute approximate surface area is 113 Å². The third-order valence-electron chi connectivity index (χ3n) is 3.55. The Kier molecular flexibility index (Phi) is 4.20. The molecular weight excluding hydrogens is 242 g/mol. The van der Waals surface area contributed by atoms with E-state index in [2.05, 4.69) is 0 Å². The highest BCUT2D eigenvalue weighted by Gasteiger charge is 2.35. The van der Waals surface area contributed by atoms with Crippen LogP contribution in [0.15, 0.2) is 30.3 Å². The summed E-state index contributed by atoms with van der Waals surface area (Å²) in [6.45, 7) is 0. The van der Waals surface area contributed by atoms with E-state index in [4.69, 9.17) is 5.11 Å². The topological polar surface area (TPSA) is 57.6 Å². The zero-order valence-corrected chi connectivity index (χ0v) is 11.1. The van der Waals surface area contributed by atoms with Gasteiger partial charge in [-0.25, -0.2) is 0 Å². The Morgan fingerprint density at radius 2 is 1.95 bits per heavy atom. The van der Waals surface area contributed by atoms with Crippen LogP contribution in [0.5, 0.6) is 0 Å². The quantitative estimate of drug-likeness (QED) is 0.851. The molecule has 0 heterocycles. The van der Waals surface area contributed by atoms with Crippen LogP contribution in [-0.2, 0) is 16.0 Å². The number of amides is 1. The SMILES string of the molecule is CN(C(=O)C1CC1)[C@@H](CC(=O)O)Cc1ccccc1. The number of aliphatic carboxylic acids is 1. The number of nitrogens with zero attached hydrogens (tertiary/aromatic N) is 1. The molecule has 0 spiro atoms. The maximum Gasteiger partial charge on any atom is 0.305 e. The highest BCUT2D eigenvalue weighted by molar-refractivity contribution is 5.81. The second kappa shape index (κ2) is 5.87. The molecule has 1 aromatic carbocycles. The van der Waals surface area contributed by atoms with Crippen molar-refractivity contribution in [1.29, 1.82) is 0 Å². The lowest BCUT2D eigenvalue weighted by Gasteiger charge is -2.27. The summed E-state index contributed by atoms with van der Waals surface area (Å²) in [5.74, 6) is -0.657. The van der Waals surface area contributed by atoms with Gasteiger partial charge in [-0.2, -0.15) is 0 Å². The minimum absolute atomic E-state index is 0.0101. The van der Waals surface area contributed by atoms with E-state index >= 15 is 0 Å². The van der Waals surface area contributed by atoms with Crippen molar-refractivity contribution in [3.05, 3.63) is 35.9 Å². The fourth-order valence-electron chi connectivity index (χ4n) is 2.23. The van der Waals surface area contributed by atoms with Gasteiger partial charge in [0.15, 0.2) is 0 Å². The molecule has 0 saturated heterocycles. The smallest absolute Gasteiger partial charge is 0.305 e. The van der Waals surface area contributed by atoms with Crippen molar-refractivity contribution in [3.63, 3.8) is 0 Å². The first kappa shape index (κ1) is 13.6. The number of benzene rings is 1. The summed E-state index contributed by atoms with van der Waals surface area (Å²) < 4.78 is 0. The molecule has 4 nitrogen and oxygen atoms in total. The number of hydrogen-bond donors (Lipinski definition) is 1. The number of carboxylic acids is 1. The van der Waals surface area contributed by atoms with Crippen LogP contribution in [0, 0.1) is 5.92 Å². The van der Waals surface area contributed by atoms with Gasteiger partial charge in [0.2, 0.25) is 5.91 Å². The first-order chi connectivity index (χ1) is 9.08. The van der Waals surface area contributed by atoms with Crippen LogP contribution in [-0.4, -0.2) is 35.0 Å². The number of carbonyl (C=O) groups excluding carboxylic acids is 1. The Bertz CT molecular complexity index is 454. The van der Waals surface area contributed by atoms with Gasteiger partial charge >= 0.3 is 5.97 Å². The van der Waals surface area contributed by atoms with Gasteiger partial charge in [-0.1, -0.05) is 30.3 Å². The van der Waals surface area contributed by atoms with Crippen LogP contribution in [0.2, 0.25) is 0 Å². The summed E-state index contributed by atoms with van der Waals surface area (Å²) in [7, 11) is 1.72. The van der Waals surface area contributed by atoms with Crippen LogP contribution in [0.25, 0.3) is 0 Å².